The number of rotatable bonds is 4. The lowest BCUT2D eigenvalue weighted by molar-refractivity contribution is 0.0464. The van der Waals surface area contributed by atoms with Gasteiger partial charge in [0.2, 0.25) is 0 Å². The lowest BCUT2D eigenvalue weighted by atomic mass is 9.75. The third kappa shape index (κ3) is 3.20. The molecule has 1 aromatic rings. The average molecular weight is 277 g/mol. The zero-order valence-corrected chi connectivity index (χ0v) is 13.1. The van der Waals surface area contributed by atoms with E-state index in [4.69, 9.17) is 15.2 Å². The molecule has 3 atom stereocenters. The molecule has 3 heteroatoms. The highest BCUT2D eigenvalue weighted by Crippen LogP contribution is 2.39. The lowest BCUT2D eigenvalue weighted by Crippen LogP contribution is -2.36. The fourth-order valence-corrected chi connectivity index (χ4v) is 3.22. The van der Waals surface area contributed by atoms with E-state index in [1.807, 2.05) is 18.2 Å². The molecule has 3 nitrogen and oxygen atoms in total. The van der Waals surface area contributed by atoms with Gasteiger partial charge in [0.05, 0.1) is 7.11 Å². The summed E-state index contributed by atoms with van der Waals surface area (Å²) in [5.74, 6) is 3.42. The van der Waals surface area contributed by atoms with E-state index in [0.717, 1.165) is 18.1 Å². The van der Waals surface area contributed by atoms with Crippen LogP contribution in [-0.2, 0) is 0 Å². The summed E-state index contributed by atoms with van der Waals surface area (Å²) in [5.41, 5.74) is 6.72. The Morgan fingerprint density at radius 2 is 1.90 bits per heavy atom. The molecule has 0 radical (unpaired) electrons. The van der Waals surface area contributed by atoms with Crippen molar-refractivity contribution < 1.29 is 9.47 Å². The van der Waals surface area contributed by atoms with E-state index in [2.05, 4.69) is 20.8 Å². The fraction of sp³-hybridized carbons (Fsp3) is 0.647. The molecule has 2 rings (SSSR count). The Morgan fingerprint density at radius 1 is 1.20 bits per heavy atom. The van der Waals surface area contributed by atoms with Crippen molar-refractivity contribution >= 4 is 5.69 Å². The molecule has 0 spiro atoms. The van der Waals surface area contributed by atoms with Crippen LogP contribution in [0.2, 0.25) is 0 Å². The first-order valence-corrected chi connectivity index (χ1v) is 7.62. The largest absolute Gasteiger partial charge is 0.494 e. The van der Waals surface area contributed by atoms with Crippen LogP contribution < -0.4 is 15.2 Å². The van der Waals surface area contributed by atoms with Gasteiger partial charge in [-0.1, -0.05) is 33.3 Å². The van der Waals surface area contributed by atoms with Crippen molar-refractivity contribution in [2.24, 2.45) is 17.8 Å². The molecule has 1 saturated carbocycles. The number of nitrogens with two attached hydrogens (primary N) is 1. The normalized spacial score (nSPS) is 26.6. The van der Waals surface area contributed by atoms with Crippen LogP contribution in [0.4, 0.5) is 5.69 Å². The van der Waals surface area contributed by atoms with Gasteiger partial charge >= 0.3 is 0 Å². The molecular weight excluding hydrogens is 250 g/mol. The average Bonchev–Trinajstić information content (AvgIpc) is 2.41. The quantitative estimate of drug-likeness (QED) is 0.842. The van der Waals surface area contributed by atoms with Gasteiger partial charge in [-0.2, -0.15) is 0 Å². The maximum absolute atomic E-state index is 6.27. The molecule has 1 aromatic carbocycles. The molecule has 0 aromatic heterocycles. The van der Waals surface area contributed by atoms with Crippen LogP contribution in [0.15, 0.2) is 18.2 Å². The van der Waals surface area contributed by atoms with Crippen molar-refractivity contribution in [1.29, 1.82) is 0 Å². The molecule has 0 amide bonds. The number of methoxy groups -OCH3 is 1. The van der Waals surface area contributed by atoms with Gasteiger partial charge in [0, 0.05) is 0 Å². The van der Waals surface area contributed by atoms with Crippen molar-refractivity contribution in [2.75, 3.05) is 12.8 Å². The first-order chi connectivity index (χ1) is 9.52. The first kappa shape index (κ1) is 15.0. The molecule has 20 heavy (non-hydrogen) atoms. The minimum atomic E-state index is 0.258. The van der Waals surface area contributed by atoms with Crippen LogP contribution in [0.1, 0.15) is 40.0 Å². The van der Waals surface area contributed by atoms with Crippen LogP contribution in [0, 0.1) is 17.8 Å². The number of hydrogen-bond acceptors (Lipinski definition) is 3. The molecule has 0 bridgehead atoms. The summed E-state index contributed by atoms with van der Waals surface area (Å²) < 4.78 is 11.5. The van der Waals surface area contributed by atoms with Gasteiger partial charge in [-0.25, -0.2) is 0 Å². The van der Waals surface area contributed by atoms with Gasteiger partial charge < -0.3 is 15.2 Å². The van der Waals surface area contributed by atoms with Crippen LogP contribution in [0.3, 0.4) is 0 Å². The Kier molecular flexibility index (Phi) is 4.79. The summed E-state index contributed by atoms with van der Waals surface area (Å²) in [6.45, 7) is 6.87. The number of benzene rings is 1. The van der Waals surface area contributed by atoms with Gasteiger partial charge in [-0.05, 0) is 42.7 Å². The molecule has 1 aliphatic carbocycles. The zero-order valence-electron chi connectivity index (χ0n) is 13.1. The Hall–Kier alpha value is -1.38. The second-order valence-corrected chi connectivity index (χ2v) is 6.35. The maximum atomic E-state index is 6.27. The van der Waals surface area contributed by atoms with E-state index < -0.39 is 0 Å². The minimum absolute atomic E-state index is 0.258. The highest BCUT2D eigenvalue weighted by molar-refractivity contribution is 5.62. The standard InChI is InChI=1S/C17H27NO2/c1-11(2)13-9-8-12(3)10-16(13)20-15-7-5-6-14(19-4)17(15)18/h5-7,11-13,16H,8-10,18H2,1-4H3. The number of anilines is 1. The molecule has 0 heterocycles. The summed E-state index contributed by atoms with van der Waals surface area (Å²) in [6, 6.07) is 5.74. The maximum Gasteiger partial charge on any atom is 0.146 e. The highest BCUT2D eigenvalue weighted by atomic mass is 16.5. The first-order valence-electron chi connectivity index (χ1n) is 7.62. The van der Waals surface area contributed by atoms with Gasteiger partial charge in [-0.3, -0.25) is 0 Å². The second-order valence-electron chi connectivity index (χ2n) is 6.35. The molecule has 112 valence electrons. The van der Waals surface area contributed by atoms with Crippen molar-refractivity contribution in [3.8, 4) is 11.5 Å². The Morgan fingerprint density at radius 3 is 2.55 bits per heavy atom. The van der Waals surface area contributed by atoms with Gasteiger partial charge in [0.25, 0.3) is 0 Å². The Balaban J connectivity index is 2.18. The van der Waals surface area contributed by atoms with E-state index in [0.29, 0.717) is 23.3 Å². The fourth-order valence-electron chi connectivity index (χ4n) is 3.22. The molecule has 0 aliphatic heterocycles. The van der Waals surface area contributed by atoms with Crippen LogP contribution in [0.5, 0.6) is 11.5 Å². The van der Waals surface area contributed by atoms with Gasteiger partial charge in [-0.15, -0.1) is 0 Å². The van der Waals surface area contributed by atoms with Crippen molar-refractivity contribution in [1.82, 2.24) is 0 Å². The second kappa shape index (κ2) is 6.38. The molecule has 3 unspecified atom stereocenters. The Labute approximate surface area is 122 Å². The van der Waals surface area contributed by atoms with Crippen molar-refractivity contribution in [3.05, 3.63) is 18.2 Å². The van der Waals surface area contributed by atoms with E-state index >= 15 is 0 Å². The third-order valence-corrected chi connectivity index (χ3v) is 4.49. The summed E-state index contributed by atoms with van der Waals surface area (Å²) >= 11 is 0. The number of nitrogen functional groups attached to an aromatic ring is 1. The SMILES string of the molecule is COc1cccc(OC2CC(C)CCC2C(C)C)c1N. The van der Waals surface area contributed by atoms with Crippen LogP contribution >= 0.6 is 0 Å². The number of para-hydroxylation sites is 1. The molecule has 1 fully saturated rings. The highest BCUT2D eigenvalue weighted by Gasteiger charge is 2.32. The lowest BCUT2D eigenvalue weighted by Gasteiger charge is -2.37. The summed E-state index contributed by atoms with van der Waals surface area (Å²) in [7, 11) is 1.63. The predicted molar refractivity (Wildman–Crippen MR) is 83.2 cm³/mol. The van der Waals surface area contributed by atoms with Crippen LogP contribution in [0.25, 0.3) is 0 Å². The summed E-state index contributed by atoms with van der Waals surface area (Å²) in [5, 5.41) is 0. The molecule has 0 saturated heterocycles. The van der Waals surface area contributed by atoms with E-state index in [1.54, 1.807) is 7.11 Å². The zero-order chi connectivity index (χ0) is 14.7. The van der Waals surface area contributed by atoms with Gasteiger partial charge in [0.15, 0.2) is 0 Å². The molecule has 2 N–H and O–H groups in total. The third-order valence-electron chi connectivity index (χ3n) is 4.49. The van der Waals surface area contributed by atoms with Crippen molar-refractivity contribution in [3.63, 3.8) is 0 Å². The smallest absolute Gasteiger partial charge is 0.146 e. The van der Waals surface area contributed by atoms with E-state index in [-0.39, 0.29) is 6.10 Å². The minimum Gasteiger partial charge on any atom is -0.494 e. The summed E-state index contributed by atoms with van der Waals surface area (Å²) in [6.07, 6.45) is 3.91. The predicted octanol–water partition coefficient (Wildman–Crippen LogP) is 4.12. The molecular formula is C17H27NO2. The number of hydrogen-bond donors (Lipinski definition) is 1. The van der Waals surface area contributed by atoms with Crippen molar-refractivity contribution in [2.45, 2.75) is 46.1 Å². The molecule has 1 aliphatic rings. The van der Waals surface area contributed by atoms with E-state index in [9.17, 15) is 0 Å². The Bertz CT molecular complexity index is 445. The monoisotopic (exact) mass is 277 g/mol. The summed E-state index contributed by atoms with van der Waals surface area (Å²) in [4.78, 5) is 0. The van der Waals surface area contributed by atoms with E-state index in [1.165, 1.54) is 12.8 Å². The van der Waals surface area contributed by atoms with Gasteiger partial charge in [0.1, 0.15) is 23.3 Å². The number of ether oxygens (including phenoxy) is 2. The topological polar surface area (TPSA) is 44.5 Å². The van der Waals surface area contributed by atoms with Crippen LogP contribution in [-0.4, -0.2) is 13.2 Å².